The third-order valence-corrected chi connectivity index (χ3v) is 7.44. The highest BCUT2D eigenvalue weighted by Crippen LogP contribution is 2.60. The maximum Gasteiger partial charge on any atom is 0.226 e. The highest BCUT2D eigenvalue weighted by Gasteiger charge is 2.54. The fraction of sp³-hybridized carbons (Fsp3) is 0.944. The van der Waals surface area contributed by atoms with Crippen molar-refractivity contribution in [3.05, 3.63) is 0 Å². The standard InChI is InChI=1S/C18H28ClNO/c19-16-4-2-1-3-15(16)11-20-17(21)18-8-12-5-13(9-18)7-14(6-12)10-18/h12-16H,1-11H2,(H,20,21). The average molecular weight is 310 g/mol. The van der Waals surface area contributed by atoms with Crippen LogP contribution in [0.25, 0.3) is 0 Å². The lowest BCUT2D eigenvalue weighted by molar-refractivity contribution is -0.146. The molecule has 5 fully saturated rings. The Balaban J connectivity index is 1.38. The number of amides is 1. The zero-order valence-electron chi connectivity index (χ0n) is 13.0. The first-order valence-electron chi connectivity index (χ1n) is 9.07. The summed E-state index contributed by atoms with van der Waals surface area (Å²) in [5.41, 5.74) is 0.00518. The zero-order chi connectivity index (χ0) is 14.4. The number of halogens is 1. The number of carbonyl (C=O) groups is 1. The molecule has 2 nitrogen and oxygen atoms in total. The van der Waals surface area contributed by atoms with Crippen LogP contribution in [-0.4, -0.2) is 17.8 Å². The molecule has 0 radical (unpaired) electrons. The normalized spacial score (nSPS) is 48.3. The molecule has 118 valence electrons. The monoisotopic (exact) mass is 309 g/mol. The predicted molar refractivity (Wildman–Crippen MR) is 85.2 cm³/mol. The molecule has 0 saturated heterocycles. The lowest BCUT2D eigenvalue weighted by Crippen LogP contribution is -2.54. The number of carbonyl (C=O) groups excluding carboxylic acids is 1. The maximum absolute atomic E-state index is 12.9. The molecule has 2 unspecified atom stereocenters. The summed E-state index contributed by atoms with van der Waals surface area (Å²) < 4.78 is 0. The Morgan fingerprint density at radius 1 is 1.00 bits per heavy atom. The van der Waals surface area contributed by atoms with Crippen LogP contribution in [0.2, 0.25) is 0 Å². The van der Waals surface area contributed by atoms with E-state index in [1.165, 1.54) is 57.8 Å². The van der Waals surface area contributed by atoms with Gasteiger partial charge in [0.25, 0.3) is 0 Å². The molecule has 0 aromatic carbocycles. The average Bonchev–Trinajstić information content (AvgIpc) is 2.44. The minimum Gasteiger partial charge on any atom is -0.355 e. The van der Waals surface area contributed by atoms with Gasteiger partial charge in [-0.2, -0.15) is 0 Å². The second-order valence-electron chi connectivity index (χ2n) is 8.47. The predicted octanol–water partition coefficient (Wildman–Crippen LogP) is 4.12. The first kappa shape index (κ1) is 14.4. The molecule has 0 aromatic heterocycles. The van der Waals surface area contributed by atoms with E-state index in [2.05, 4.69) is 5.32 Å². The van der Waals surface area contributed by atoms with Gasteiger partial charge in [0, 0.05) is 17.3 Å². The summed E-state index contributed by atoms with van der Waals surface area (Å²) in [6.07, 6.45) is 12.6. The molecule has 4 bridgehead atoms. The zero-order valence-corrected chi connectivity index (χ0v) is 13.7. The molecule has 5 aliphatic rings. The van der Waals surface area contributed by atoms with Gasteiger partial charge in [0.2, 0.25) is 5.91 Å². The van der Waals surface area contributed by atoms with E-state index in [-0.39, 0.29) is 10.8 Å². The van der Waals surface area contributed by atoms with Crippen LogP contribution >= 0.6 is 11.6 Å². The second-order valence-corrected chi connectivity index (χ2v) is 9.03. The summed E-state index contributed by atoms with van der Waals surface area (Å²) in [6, 6.07) is 0. The van der Waals surface area contributed by atoms with E-state index in [1.807, 2.05) is 0 Å². The number of hydrogen-bond donors (Lipinski definition) is 1. The molecular formula is C18H28ClNO. The van der Waals surface area contributed by atoms with Crippen LogP contribution in [0.15, 0.2) is 0 Å². The summed E-state index contributed by atoms with van der Waals surface area (Å²) in [5, 5.41) is 3.59. The van der Waals surface area contributed by atoms with Gasteiger partial charge in [-0.15, -0.1) is 11.6 Å². The third kappa shape index (κ3) is 2.62. The maximum atomic E-state index is 12.9. The van der Waals surface area contributed by atoms with Gasteiger partial charge < -0.3 is 5.32 Å². The first-order valence-corrected chi connectivity index (χ1v) is 9.51. The molecule has 5 rings (SSSR count). The van der Waals surface area contributed by atoms with Crippen LogP contribution in [0.3, 0.4) is 0 Å². The Labute approximate surface area is 133 Å². The van der Waals surface area contributed by atoms with Crippen LogP contribution in [-0.2, 0) is 4.79 Å². The highest BCUT2D eigenvalue weighted by atomic mass is 35.5. The van der Waals surface area contributed by atoms with Crippen molar-refractivity contribution in [2.24, 2.45) is 29.1 Å². The molecule has 0 heterocycles. The molecule has 3 heteroatoms. The summed E-state index contributed by atoms with van der Waals surface area (Å²) in [6.45, 7) is 0.814. The quantitative estimate of drug-likeness (QED) is 0.781. The number of hydrogen-bond acceptors (Lipinski definition) is 1. The smallest absolute Gasteiger partial charge is 0.226 e. The van der Waals surface area contributed by atoms with E-state index in [9.17, 15) is 4.79 Å². The van der Waals surface area contributed by atoms with Crippen molar-refractivity contribution >= 4 is 17.5 Å². The highest BCUT2D eigenvalue weighted by molar-refractivity contribution is 6.20. The topological polar surface area (TPSA) is 29.1 Å². The van der Waals surface area contributed by atoms with Crippen molar-refractivity contribution in [1.29, 1.82) is 0 Å². The fourth-order valence-electron chi connectivity index (χ4n) is 6.19. The largest absolute Gasteiger partial charge is 0.355 e. The Kier molecular flexibility index (Phi) is 3.72. The lowest BCUT2D eigenvalue weighted by Gasteiger charge is -2.55. The van der Waals surface area contributed by atoms with Crippen molar-refractivity contribution in [2.45, 2.75) is 69.6 Å². The van der Waals surface area contributed by atoms with Crippen LogP contribution in [0.5, 0.6) is 0 Å². The van der Waals surface area contributed by atoms with Crippen LogP contribution < -0.4 is 5.32 Å². The molecule has 5 saturated carbocycles. The summed E-state index contributed by atoms with van der Waals surface area (Å²) in [5.74, 6) is 3.40. The molecule has 0 spiro atoms. The van der Waals surface area contributed by atoms with Crippen molar-refractivity contribution in [2.75, 3.05) is 6.54 Å². The van der Waals surface area contributed by atoms with Crippen LogP contribution in [0.4, 0.5) is 0 Å². The molecule has 5 aliphatic carbocycles. The fourth-order valence-corrected chi connectivity index (χ4v) is 6.56. The first-order chi connectivity index (χ1) is 10.1. The van der Waals surface area contributed by atoms with Crippen molar-refractivity contribution in [3.8, 4) is 0 Å². The van der Waals surface area contributed by atoms with Gasteiger partial charge in [-0.1, -0.05) is 12.8 Å². The minimum absolute atomic E-state index is 0.00518. The molecule has 0 aromatic rings. The van der Waals surface area contributed by atoms with E-state index in [4.69, 9.17) is 11.6 Å². The molecule has 1 N–H and O–H groups in total. The van der Waals surface area contributed by atoms with Gasteiger partial charge >= 0.3 is 0 Å². The molecular weight excluding hydrogens is 282 g/mol. The minimum atomic E-state index is 0.00518. The van der Waals surface area contributed by atoms with Crippen LogP contribution in [0, 0.1) is 29.1 Å². The van der Waals surface area contributed by atoms with Gasteiger partial charge in [0.15, 0.2) is 0 Å². The Bertz CT molecular complexity index is 386. The van der Waals surface area contributed by atoms with E-state index in [0.717, 1.165) is 30.7 Å². The number of rotatable bonds is 3. The van der Waals surface area contributed by atoms with Gasteiger partial charge in [-0.25, -0.2) is 0 Å². The van der Waals surface area contributed by atoms with Gasteiger partial charge in [0.1, 0.15) is 0 Å². The van der Waals surface area contributed by atoms with Crippen LogP contribution in [0.1, 0.15) is 64.2 Å². The van der Waals surface area contributed by atoms with Gasteiger partial charge in [0.05, 0.1) is 0 Å². The Morgan fingerprint density at radius 3 is 2.14 bits per heavy atom. The molecule has 2 atom stereocenters. The summed E-state index contributed by atoms with van der Waals surface area (Å²) >= 11 is 6.43. The van der Waals surface area contributed by atoms with Crippen molar-refractivity contribution in [1.82, 2.24) is 5.32 Å². The number of alkyl halides is 1. The summed E-state index contributed by atoms with van der Waals surface area (Å²) in [7, 11) is 0. The lowest BCUT2D eigenvalue weighted by atomic mass is 9.49. The van der Waals surface area contributed by atoms with E-state index in [1.54, 1.807) is 0 Å². The van der Waals surface area contributed by atoms with E-state index < -0.39 is 0 Å². The van der Waals surface area contributed by atoms with Crippen molar-refractivity contribution in [3.63, 3.8) is 0 Å². The van der Waals surface area contributed by atoms with E-state index in [0.29, 0.717) is 11.8 Å². The summed E-state index contributed by atoms with van der Waals surface area (Å²) in [4.78, 5) is 12.9. The second kappa shape index (κ2) is 5.44. The van der Waals surface area contributed by atoms with E-state index >= 15 is 0 Å². The third-order valence-electron chi connectivity index (χ3n) is 6.86. The van der Waals surface area contributed by atoms with Crippen molar-refractivity contribution < 1.29 is 4.79 Å². The molecule has 21 heavy (non-hydrogen) atoms. The SMILES string of the molecule is O=C(NCC1CCCCC1Cl)C12CC3CC(CC(C3)C1)C2. The molecule has 0 aliphatic heterocycles. The Morgan fingerprint density at radius 2 is 1.57 bits per heavy atom. The molecule has 1 amide bonds. The number of nitrogens with one attached hydrogen (secondary N) is 1. The van der Waals surface area contributed by atoms with Gasteiger partial charge in [-0.3, -0.25) is 4.79 Å². The Hall–Kier alpha value is -0.240. The van der Waals surface area contributed by atoms with Gasteiger partial charge in [-0.05, 0) is 75.0 Å².